The number of anilines is 1. The maximum absolute atomic E-state index is 13.6. The predicted octanol–water partition coefficient (Wildman–Crippen LogP) is 6.42. The highest BCUT2D eigenvalue weighted by molar-refractivity contribution is 7.22. The summed E-state index contributed by atoms with van der Waals surface area (Å²) in [6.45, 7) is 9.80. The number of ketones is 1. The van der Waals surface area contributed by atoms with Crippen LogP contribution in [-0.2, 0) is 9.59 Å². The fraction of sp³-hybridized carbons (Fsp3) is 0.194. The van der Waals surface area contributed by atoms with Crippen LogP contribution in [0.25, 0.3) is 16.0 Å². The first kappa shape index (κ1) is 26.2. The minimum absolute atomic E-state index is 0.0161. The van der Waals surface area contributed by atoms with Crippen molar-refractivity contribution in [2.24, 2.45) is 0 Å². The molecule has 1 amide bonds. The minimum atomic E-state index is -0.915. The molecule has 1 fully saturated rings. The molecule has 39 heavy (non-hydrogen) atoms. The standard InChI is InChI=1S/C31H28N2O5S/c1-6-12-38-22-9-7-8-20(16-22)27-25(28(34)21-10-11-23(37-5)18(3)15-21)29(35)30(36)33(27)31-32-26-19(4)13-17(2)14-24(26)39-31/h6-11,13-16,27,34H,1,12H2,2-5H3/b28-25+/t27-/m1/s1. The number of fused-ring (bicyclic) bond motifs is 1. The highest BCUT2D eigenvalue weighted by atomic mass is 32.1. The van der Waals surface area contributed by atoms with Gasteiger partial charge in [0.25, 0.3) is 5.78 Å². The van der Waals surface area contributed by atoms with E-state index < -0.39 is 17.7 Å². The molecule has 4 aromatic rings. The SMILES string of the molecule is C=CCOc1cccc([C@@H]2/C(=C(\O)c3ccc(OC)c(C)c3)C(=O)C(=O)N2c2nc3c(C)cc(C)cc3s2)c1. The number of aromatic nitrogens is 1. The Bertz CT molecular complexity index is 1670. The number of Topliss-reactive ketones (excluding diaryl/α,β-unsaturated/α-hetero) is 1. The van der Waals surface area contributed by atoms with Crippen molar-refractivity contribution in [2.45, 2.75) is 26.8 Å². The van der Waals surface area contributed by atoms with Crippen LogP contribution < -0.4 is 14.4 Å². The molecule has 3 aromatic carbocycles. The Labute approximate surface area is 230 Å². The summed E-state index contributed by atoms with van der Waals surface area (Å²) in [5.41, 5.74) is 4.61. The van der Waals surface area contributed by atoms with Gasteiger partial charge in [-0.15, -0.1) is 0 Å². The molecule has 1 atom stereocenters. The number of hydrogen-bond donors (Lipinski definition) is 1. The molecule has 0 spiro atoms. The van der Waals surface area contributed by atoms with Gasteiger partial charge in [-0.1, -0.05) is 42.2 Å². The largest absolute Gasteiger partial charge is 0.507 e. The van der Waals surface area contributed by atoms with Gasteiger partial charge in [0.05, 0.1) is 28.9 Å². The molecule has 1 aliphatic heterocycles. The van der Waals surface area contributed by atoms with Gasteiger partial charge in [-0.25, -0.2) is 4.98 Å². The second kappa shape index (κ2) is 10.4. The summed E-state index contributed by atoms with van der Waals surface area (Å²) < 4.78 is 12.0. The number of amides is 1. The zero-order valence-electron chi connectivity index (χ0n) is 22.1. The first-order valence-electron chi connectivity index (χ1n) is 12.4. The van der Waals surface area contributed by atoms with Gasteiger partial charge in [-0.2, -0.15) is 0 Å². The molecule has 0 saturated carbocycles. The van der Waals surface area contributed by atoms with Crippen molar-refractivity contribution in [3.8, 4) is 11.5 Å². The third-order valence-electron chi connectivity index (χ3n) is 6.68. The van der Waals surface area contributed by atoms with Gasteiger partial charge in [0, 0.05) is 5.56 Å². The molecule has 0 bridgehead atoms. The monoisotopic (exact) mass is 540 g/mol. The Morgan fingerprint density at radius 1 is 1.10 bits per heavy atom. The second-order valence-corrected chi connectivity index (χ2v) is 10.5. The zero-order chi connectivity index (χ0) is 27.8. The van der Waals surface area contributed by atoms with Gasteiger partial charge in [0.2, 0.25) is 0 Å². The Kier molecular flexibility index (Phi) is 6.97. The fourth-order valence-electron chi connectivity index (χ4n) is 4.92. The van der Waals surface area contributed by atoms with Gasteiger partial charge < -0.3 is 14.6 Å². The van der Waals surface area contributed by atoms with E-state index in [1.54, 1.807) is 55.7 Å². The highest BCUT2D eigenvalue weighted by Gasteiger charge is 2.48. The number of ether oxygens (including phenoxy) is 2. The molecule has 198 valence electrons. The summed E-state index contributed by atoms with van der Waals surface area (Å²) in [4.78, 5) is 33.4. The molecular weight excluding hydrogens is 512 g/mol. The van der Waals surface area contributed by atoms with Crippen molar-refractivity contribution in [3.05, 3.63) is 101 Å². The molecule has 7 nitrogen and oxygen atoms in total. The van der Waals surface area contributed by atoms with Crippen molar-refractivity contribution < 1.29 is 24.2 Å². The van der Waals surface area contributed by atoms with Gasteiger partial charge in [0.15, 0.2) is 5.13 Å². The van der Waals surface area contributed by atoms with Crippen molar-refractivity contribution in [1.82, 2.24) is 4.98 Å². The molecule has 0 radical (unpaired) electrons. The van der Waals surface area contributed by atoms with Crippen LogP contribution in [0.2, 0.25) is 0 Å². The Morgan fingerprint density at radius 3 is 2.62 bits per heavy atom. The maximum atomic E-state index is 13.6. The molecule has 5 rings (SSSR count). The van der Waals surface area contributed by atoms with E-state index in [0.29, 0.717) is 34.4 Å². The average molecular weight is 541 g/mol. The van der Waals surface area contributed by atoms with Gasteiger partial charge in [0.1, 0.15) is 23.9 Å². The summed E-state index contributed by atoms with van der Waals surface area (Å²) >= 11 is 1.34. The maximum Gasteiger partial charge on any atom is 0.301 e. The second-order valence-electron chi connectivity index (χ2n) is 9.45. The summed E-state index contributed by atoms with van der Waals surface area (Å²) in [6.07, 6.45) is 1.64. The van der Waals surface area contributed by atoms with Crippen LogP contribution in [-0.4, -0.2) is 35.5 Å². The number of carbonyl (C=O) groups is 2. The number of carbonyl (C=O) groups excluding carboxylic acids is 2. The Balaban J connectivity index is 1.73. The summed E-state index contributed by atoms with van der Waals surface area (Å²) in [7, 11) is 1.57. The molecule has 1 saturated heterocycles. The lowest BCUT2D eigenvalue weighted by molar-refractivity contribution is -0.132. The number of aliphatic hydroxyl groups is 1. The quantitative estimate of drug-likeness (QED) is 0.126. The lowest BCUT2D eigenvalue weighted by Crippen LogP contribution is -2.29. The molecule has 0 unspecified atom stereocenters. The average Bonchev–Trinajstić information content (AvgIpc) is 3.45. The van der Waals surface area contributed by atoms with Crippen molar-refractivity contribution in [3.63, 3.8) is 0 Å². The van der Waals surface area contributed by atoms with E-state index in [1.165, 1.54) is 16.2 Å². The third-order valence-corrected chi connectivity index (χ3v) is 7.68. The predicted molar refractivity (Wildman–Crippen MR) is 154 cm³/mol. The zero-order valence-corrected chi connectivity index (χ0v) is 23.0. The van der Waals surface area contributed by atoms with Crippen LogP contribution in [0.15, 0.2) is 72.8 Å². The van der Waals surface area contributed by atoms with Crippen LogP contribution in [0.4, 0.5) is 5.13 Å². The topological polar surface area (TPSA) is 89.0 Å². The molecule has 2 heterocycles. The van der Waals surface area contributed by atoms with E-state index >= 15 is 0 Å². The summed E-state index contributed by atoms with van der Waals surface area (Å²) in [5.74, 6) is -0.602. The molecule has 0 aliphatic carbocycles. The van der Waals surface area contributed by atoms with Gasteiger partial charge >= 0.3 is 5.91 Å². The molecule has 1 aromatic heterocycles. The normalized spacial score (nSPS) is 16.6. The molecule has 1 aliphatic rings. The number of aryl methyl sites for hydroxylation is 3. The van der Waals surface area contributed by atoms with E-state index in [9.17, 15) is 14.7 Å². The van der Waals surface area contributed by atoms with Crippen molar-refractivity contribution in [1.29, 1.82) is 0 Å². The highest BCUT2D eigenvalue weighted by Crippen LogP contribution is 2.45. The van der Waals surface area contributed by atoms with Crippen molar-refractivity contribution in [2.75, 3.05) is 18.6 Å². The van der Waals surface area contributed by atoms with E-state index in [1.807, 2.05) is 32.9 Å². The number of nitrogens with zero attached hydrogens (tertiary/aromatic N) is 2. The lowest BCUT2D eigenvalue weighted by atomic mass is 9.94. The van der Waals surface area contributed by atoms with Crippen LogP contribution in [0, 0.1) is 20.8 Å². The van der Waals surface area contributed by atoms with E-state index in [0.717, 1.165) is 26.9 Å². The first-order chi connectivity index (χ1) is 18.7. The van der Waals surface area contributed by atoms with Crippen LogP contribution in [0.5, 0.6) is 11.5 Å². The number of aliphatic hydroxyl groups excluding tert-OH is 1. The lowest BCUT2D eigenvalue weighted by Gasteiger charge is -2.23. The van der Waals surface area contributed by atoms with Gasteiger partial charge in [-0.05, 0) is 79.4 Å². The molecular formula is C31H28N2O5S. The van der Waals surface area contributed by atoms with Gasteiger partial charge in [-0.3, -0.25) is 14.5 Å². The van der Waals surface area contributed by atoms with Crippen molar-refractivity contribution >= 4 is 44.1 Å². The van der Waals surface area contributed by atoms with Crippen LogP contribution in [0.3, 0.4) is 0 Å². The Morgan fingerprint density at radius 2 is 1.90 bits per heavy atom. The number of benzene rings is 3. The number of hydrogen-bond acceptors (Lipinski definition) is 7. The van der Waals surface area contributed by atoms with Crippen LogP contribution >= 0.6 is 11.3 Å². The number of rotatable bonds is 7. The minimum Gasteiger partial charge on any atom is -0.507 e. The summed E-state index contributed by atoms with van der Waals surface area (Å²) in [6, 6.07) is 15.4. The van der Waals surface area contributed by atoms with E-state index in [-0.39, 0.29) is 11.3 Å². The molecule has 8 heteroatoms. The smallest absolute Gasteiger partial charge is 0.301 e. The number of thiazole rings is 1. The fourth-order valence-corrected chi connectivity index (χ4v) is 6.09. The van der Waals surface area contributed by atoms with E-state index in [2.05, 4.69) is 6.58 Å². The third kappa shape index (κ3) is 4.68. The number of methoxy groups -OCH3 is 1. The van der Waals surface area contributed by atoms with Crippen LogP contribution in [0.1, 0.15) is 33.9 Å². The Hall–Kier alpha value is -4.43. The molecule has 1 N–H and O–H groups in total. The summed E-state index contributed by atoms with van der Waals surface area (Å²) in [5, 5.41) is 11.9. The first-order valence-corrected chi connectivity index (χ1v) is 13.2. The van der Waals surface area contributed by atoms with E-state index in [4.69, 9.17) is 14.5 Å².